The number of anilines is 1. The third kappa shape index (κ3) is 7.51. The van der Waals surface area contributed by atoms with E-state index in [1.165, 1.54) is 28.5 Å². The number of halogens is 2. The lowest BCUT2D eigenvalue weighted by atomic mass is 9.99. The van der Waals surface area contributed by atoms with Crippen LogP contribution in [-0.2, 0) is 20.9 Å². The minimum atomic E-state index is -3.17. The van der Waals surface area contributed by atoms with Crippen LogP contribution in [0.4, 0.5) is 19.3 Å². The minimum absolute atomic E-state index is 0.0552. The van der Waals surface area contributed by atoms with Gasteiger partial charge in [0.05, 0.1) is 16.5 Å². The molecule has 2 aromatic rings. The fraction of sp³-hybridized carbons (Fsp3) is 0.567. The Hall–Kier alpha value is -3.88. The van der Waals surface area contributed by atoms with Crippen LogP contribution in [0, 0.1) is 13.8 Å². The lowest BCUT2D eigenvalue weighted by molar-refractivity contribution is -0.131. The summed E-state index contributed by atoms with van der Waals surface area (Å²) in [7, 11) is 0. The molecule has 1 saturated heterocycles. The van der Waals surface area contributed by atoms with Gasteiger partial charge >= 0.3 is 18.3 Å². The largest absolute Gasteiger partial charge is 0.519 e. The molecular formula is C30H38F2N4O8S. The van der Waals surface area contributed by atoms with Crippen molar-refractivity contribution in [3.05, 3.63) is 45.4 Å². The maximum absolute atomic E-state index is 14.2. The van der Waals surface area contributed by atoms with E-state index in [1.807, 2.05) is 26.8 Å². The zero-order chi connectivity index (χ0) is 33.2. The molecule has 4 amide bonds. The van der Waals surface area contributed by atoms with Crippen LogP contribution in [0.5, 0.6) is 0 Å². The van der Waals surface area contributed by atoms with Gasteiger partial charge in [-0.3, -0.25) is 14.4 Å². The van der Waals surface area contributed by atoms with Crippen molar-refractivity contribution in [2.45, 2.75) is 89.1 Å². The maximum Gasteiger partial charge on any atom is 0.519 e. The Morgan fingerprint density at radius 2 is 1.89 bits per heavy atom. The monoisotopic (exact) mass is 652 g/mol. The molecule has 0 saturated carbocycles. The Labute approximate surface area is 263 Å². The van der Waals surface area contributed by atoms with E-state index in [0.717, 1.165) is 4.90 Å². The molecular weight excluding hydrogens is 614 g/mol. The van der Waals surface area contributed by atoms with Gasteiger partial charge in [0.1, 0.15) is 0 Å². The molecule has 2 aliphatic rings. The van der Waals surface area contributed by atoms with Crippen LogP contribution in [0.15, 0.2) is 30.7 Å². The maximum atomic E-state index is 14.2. The third-order valence-electron chi connectivity index (χ3n) is 7.79. The van der Waals surface area contributed by atoms with E-state index in [1.54, 1.807) is 24.8 Å². The van der Waals surface area contributed by atoms with E-state index in [0.29, 0.717) is 36.2 Å². The zero-order valence-corrected chi connectivity index (χ0v) is 26.9. The van der Waals surface area contributed by atoms with Crippen LogP contribution in [0.3, 0.4) is 0 Å². The first-order valence-corrected chi connectivity index (χ1v) is 15.5. The van der Waals surface area contributed by atoms with Crippen molar-refractivity contribution >= 4 is 41.3 Å². The Balaban J connectivity index is 1.55. The van der Waals surface area contributed by atoms with Crippen LogP contribution in [0.1, 0.15) is 68.0 Å². The van der Waals surface area contributed by atoms with Crippen LogP contribution in [-0.4, -0.2) is 83.0 Å². The highest BCUT2D eigenvalue weighted by Crippen LogP contribution is 2.46. The van der Waals surface area contributed by atoms with Crippen molar-refractivity contribution in [1.82, 2.24) is 15.1 Å². The van der Waals surface area contributed by atoms with E-state index < -0.39 is 29.0 Å². The fourth-order valence-corrected chi connectivity index (χ4v) is 6.83. The molecule has 15 heteroatoms. The topological polar surface area (TPSA) is 143 Å². The summed E-state index contributed by atoms with van der Waals surface area (Å²) >= 11 is 1.35. The number of piperidine rings is 1. The second-order valence-electron chi connectivity index (χ2n) is 11.8. The molecule has 0 radical (unpaired) electrons. The van der Waals surface area contributed by atoms with Gasteiger partial charge in [0.2, 0.25) is 5.91 Å². The number of amides is 4. The van der Waals surface area contributed by atoms with Crippen molar-refractivity contribution in [2.75, 3.05) is 31.1 Å². The van der Waals surface area contributed by atoms with Crippen LogP contribution >= 0.6 is 11.8 Å². The number of nitrogens with zero attached hydrogens (tertiary/aromatic N) is 3. The van der Waals surface area contributed by atoms with Crippen molar-refractivity contribution in [1.29, 1.82) is 0 Å². The molecule has 0 aliphatic carbocycles. The van der Waals surface area contributed by atoms with E-state index in [-0.39, 0.29) is 61.7 Å². The van der Waals surface area contributed by atoms with Crippen molar-refractivity contribution in [3.63, 3.8) is 0 Å². The summed E-state index contributed by atoms with van der Waals surface area (Å²) in [5, 5.41) is 2.14. The second-order valence-corrected chi connectivity index (χ2v) is 13.5. The number of fused-ring (bicyclic) bond motifs is 1. The van der Waals surface area contributed by atoms with Crippen molar-refractivity contribution < 1.29 is 41.5 Å². The highest BCUT2D eigenvalue weighted by Gasteiger charge is 2.41. The number of hydrogen-bond acceptors (Lipinski definition) is 9. The predicted molar refractivity (Wildman–Crippen MR) is 161 cm³/mol. The minimum Gasteiger partial charge on any atom is -0.441 e. The summed E-state index contributed by atoms with van der Waals surface area (Å²) in [5.74, 6) is -2.52. The van der Waals surface area contributed by atoms with Gasteiger partial charge in [-0.15, -0.1) is 11.8 Å². The Bertz CT molecular complexity index is 1520. The average Bonchev–Trinajstić information content (AvgIpc) is 3.29. The number of aryl methyl sites for hydroxylation is 2. The number of nitrogens with one attached hydrogen (secondary N) is 1. The Morgan fingerprint density at radius 1 is 1.18 bits per heavy atom. The first kappa shape index (κ1) is 34.0. The number of carbonyl (C=O) groups is 4. The summed E-state index contributed by atoms with van der Waals surface area (Å²) in [6.45, 7) is 10.7. The number of thioether (sulfide) groups is 1. The average molecular weight is 653 g/mol. The number of ether oxygens (including phenoxy) is 1. The smallest absolute Gasteiger partial charge is 0.441 e. The number of alkyl halides is 2. The standard InChI is InChI=1S/C30H38F2N4O8S/c1-16(2)36(19-8-7-10-34(14-19)28(40)42-15-22-18(4)43-29(41)44-22)26(38)20-13-21-23(12-17(20)3)45-30(5,6)27(39)35(21)11-9-33-25(37)24(31)32/h12-13,16,19,24H,7-11,14-15H2,1-6H3,(H,33,37)/t19-/m1/s1. The van der Waals surface area contributed by atoms with Gasteiger partial charge in [-0.2, -0.15) is 8.78 Å². The number of carbonyl (C=O) groups excluding carboxylic acids is 4. The first-order valence-electron chi connectivity index (χ1n) is 14.7. The molecule has 1 aromatic carbocycles. The molecule has 4 rings (SSSR count). The SMILES string of the molecule is Cc1cc2c(cc1C(=O)N(C(C)C)[C@@H]1CCCN(C(=O)OCc3oc(=O)oc3C)C1)N(CCNC(=O)C(F)F)C(=O)C(C)(C)S2. The van der Waals surface area contributed by atoms with Crippen molar-refractivity contribution in [2.24, 2.45) is 0 Å². The first-order chi connectivity index (χ1) is 21.1. The van der Waals surface area contributed by atoms with Gasteiger partial charge in [0.15, 0.2) is 18.1 Å². The fourth-order valence-electron chi connectivity index (χ4n) is 5.57. The summed E-state index contributed by atoms with van der Waals surface area (Å²) < 4.78 is 39.6. The van der Waals surface area contributed by atoms with E-state index in [4.69, 9.17) is 13.6 Å². The van der Waals surface area contributed by atoms with E-state index >= 15 is 0 Å². The molecule has 12 nitrogen and oxygen atoms in total. The normalized spacial score (nSPS) is 17.8. The summed E-state index contributed by atoms with van der Waals surface area (Å²) in [6.07, 6.45) is -2.52. The molecule has 0 unspecified atom stereocenters. The van der Waals surface area contributed by atoms with Gasteiger partial charge in [0.25, 0.3) is 11.8 Å². The molecule has 1 fully saturated rings. The summed E-state index contributed by atoms with van der Waals surface area (Å²) in [6, 6.07) is 2.91. The van der Waals surface area contributed by atoms with Gasteiger partial charge in [0, 0.05) is 42.7 Å². The Morgan fingerprint density at radius 3 is 2.51 bits per heavy atom. The van der Waals surface area contributed by atoms with Gasteiger partial charge in [-0.25, -0.2) is 9.59 Å². The number of benzene rings is 1. The lowest BCUT2D eigenvalue weighted by Crippen LogP contribution is -2.54. The quantitative estimate of drug-likeness (QED) is 0.424. The molecule has 1 atom stereocenters. The molecule has 1 N–H and O–H groups in total. The second kappa shape index (κ2) is 13.6. The summed E-state index contributed by atoms with van der Waals surface area (Å²) in [5.41, 5.74) is 1.52. The van der Waals surface area contributed by atoms with Gasteiger partial charge in [-0.1, -0.05) is 0 Å². The Kier molecular flexibility index (Phi) is 10.3. The zero-order valence-electron chi connectivity index (χ0n) is 26.1. The van der Waals surface area contributed by atoms with Crippen LogP contribution in [0.25, 0.3) is 0 Å². The summed E-state index contributed by atoms with van der Waals surface area (Å²) in [4.78, 5) is 68.7. The molecule has 0 bridgehead atoms. The number of hydrogen-bond donors (Lipinski definition) is 1. The molecule has 2 aliphatic heterocycles. The highest BCUT2D eigenvalue weighted by molar-refractivity contribution is 8.01. The predicted octanol–water partition coefficient (Wildman–Crippen LogP) is 4.10. The van der Waals surface area contributed by atoms with Crippen molar-refractivity contribution in [3.8, 4) is 0 Å². The van der Waals surface area contributed by atoms with E-state index in [2.05, 4.69) is 5.32 Å². The van der Waals surface area contributed by atoms with E-state index in [9.17, 15) is 32.8 Å². The molecule has 0 spiro atoms. The highest BCUT2D eigenvalue weighted by atomic mass is 32.2. The van der Waals surface area contributed by atoms with Crippen LogP contribution < -0.4 is 16.0 Å². The molecule has 1 aromatic heterocycles. The third-order valence-corrected chi connectivity index (χ3v) is 9.02. The lowest BCUT2D eigenvalue weighted by Gasteiger charge is -2.42. The number of likely N-dealkylation sites (tertiary alicyclic amines) is 1. The molecule has 246 valence electrons. The van der Waals surface area contributed by atoms with Gasteiger partial charge in [-0.05, 0) is 72.1 Å². The van der Waals surface area contributed by atoms with Crippen LogP contribution in [0.2, 0.25) is 0 Å². The van der Waals surface area contributed by atoms with Gasteiger partial charge < -0.3 is 33.6 Å². The molecule has 45 heavy (non-hydrogen) atoms. The number of rotatable bonds is 9. The molecule has 3 heterocycles.